The maximum absolute atomic E-state index is 14.1. The van der Waals surface area contributed by atoms with E-state index >= 15 is 0 Å². The number of rotatable bonds is 10. The Morgan fingerprint density at radius 2 is 2.12 bits per heavy atom. The van der Waals surface area contributed by atoms with E-state index in [1.165, 1.54) is 0 Å². The van der Waals surface area contributed by atoms with Gasteiger partial charge in [0, 0.05) is 22.7 Å². The van der Waals surface area contributed by atoms with Crippen molar-refractivity contribution in [1.29, 1.82) is 0 Å². The molecule has 0 radical (unpaired) electrons. The third-order valence-electron chi connectivity index (χ3n) is 7.11. The number of carbonyl (C=O) groups is 3. The number of fused-ring (bicyclic) bond motifs is 1. The van der Waals surface area contributed by atoms with Gasteiger partial charge >= 0.3 is 5.97 Å². The molecule has 0 aromatic rings. The molecule has 0 aliphatic carbocycles. The lowest BCUT2D eigenvalue weighted by Crippen LogP contribution is -2.58. The lowest BCUT2D eigenvalue weighted by molar-refractivity contribution is -0.154. The molecule has 180 valence electrons. The summed E-state index contributed by atoms with van der Waals surface area (Å²) in [5.41, 5.74) is 0. The summed E-state index contributed by atoms with van der Waals surface area (Å²) >= 11 is 5.32. The van der Waals surface area contributed by atoms with Crippen LogP contribution in [0.2, 0.25) is 0 Å². The fraction of sp³-hybridized carbons (Fsp3) is 0.783. The minimum absolute atomic E-state index is 0.00607. The Bertz CT molecular complexity index is 767. The van der Waals surface area contributed by atoms with Gasteiger partial charge in [-0.1, -0.05) is 35.4 Å². The third-order valence-corrected chi connectivity index (χ3v) is 10.3. The molecule has 9 heteroatoms. The topological polar surface area (TPSA) is 87.2 Å². The lowest BCUT2D eigenvalue weighted by atomic mass is 9.71. The van der Waals surface area contributed by atoms with Gasteiger partial charge in [0.1, 0.15) is 6.04 Å². The predicted molar refractivity (Wildman–Crippen MR) is 129 cm³/mol. The molecule has 8 atom stereocenters. The number of ether oxygens (including phenoxy) is 1. The molecule has 0 saturated carbocycles. The molecule has 0 aromatic heterocycles. The van der Waals surface area contributed by atoms with Crippen LogP contribution in [0.15, 0.2) is 12.7 Å². The van der Waals surface area contributed by atoms with Crippen molar-refractivity contribution in [2.45, 2.75) is 79.9 Å². The summed E-state index contributed by atoms with van der Waals surface area (Å²) in [5, 5.41) is 9.83. The Morgan fingerprint density at radius 1 is 1.44 bits per heavy atom. The van der Waals surface area contributed by atoms with Crippen molar-refractivity contribution in [3.8, 4) is 0 Å². The minimum Gasteiger partial charge on any atom is -0.466 e. The van der Waals surface area contributed by atoms with Gasteiger partial charge in [-0.15, -0.1) is 18.3 Å². The van der Waals surface area contributed by atoms with Gasteiger partial charge in [-0.2, -0.15) is 0 Å². The van der Waals surface area contributed by atoms with E-state index in [9.17, 15) is 19.5 Å². The lowest BCUT2D eigenvalue weighted by Gasteiger charge is -2.40. The van der Waals surface area contributed by atoms with E-state index in [-0.39, 0.29) is 47.1 Å². The number of esters is 1. The summed E-state index contributed by atoms with van der Waals surface area (Å²) < 4.78 is 4.63. The van der Waals surface area contributed by atoms with Gasteiger partial charge in [0.05, 0.1) is 35.8 Å². The van der Waals surface area contributed by atoms with Crippen molar-refractivity contribution >= 4 is 45.5 Å². The van der Waals surface area contributed by atoms with Crippen LogP contribution in [0.1, 0.15) is 47.0 Å². The Hall–Kier alpha value is -1.06. The highest BCUT2D eigenvalue weighted by Gasteiger charge is 2.76. The van der Waals surface area contributed by atoms with Crippen LogP contribution < -0.4 is 0 Å². The second kappa shape index (κ2) is 10.1. The minimum atomic E-state index is -0.740. The highest BCUT2D eigenvalue weighted by molar-refractivity contribution is 9.09. The van der Waals surface area contributed by atoms with E-state index in [0.29, 0.717) is 13.0 Å². The molecule has 32 heavy (non-hydrogen) atoms. The fourth-order valence-electron chi connectivity index (χ4n) is 5.77. The fourth-order valence-corrected chi connectivity index (χ4v) is 9.35. The number of aliphatic hydroxyl groups excluding tert-OH is 1. The van der Waals surface area contributed by atoms with E-state index in [1.54, 1.807) is 41.5 Å². The third kappa shape index (κ3) is 3.92. The standard InChI is InChI=1S/C23H35BrN2O5S/c1-6-9-13(4)25(10-7-2)21(29)19-23-11-15(24)18(32-23)16(22(30)31-8-3)17(23)20(28)26(19)14(5)12-27/h7,13-19,27H,2,6,8-12H2,1,3-5H3/t13?,14-,15?,16+,17+,18+,19?,23?/m1/s1. The van der Waals surface area contributed by atoms with Gasteiger partial charge in [-0.25, -0.2) is 0 Å². The number of alkyl halides is 1. The summed E-state index contributed by atoms with van der Waals surface area (Å²) in [7, 11) is 0. The second-order valence-electron chi connectivity index (χ2n) is 9.11. The Labute approximate surface area is 203 Å². The molecule has 3 fully saturated rings. The normalized spacial score (nSPS) is 34.9. The van der Waals surface area contributed by atoms with Crippen molar-refractivity contribution < 1.29 is 24.2 Å². The van der Waals surface area contributed by atoms with E-state index in [1.807, 2.05) is 6.92 Å². The van der Waals surface area contributed by atoms with Gasteiger partial charge in [0.25, 0.3) is 0 Å². The van der Waals surface area contributed by atoms with Crippen LogP contribution in [0, 0.1) is 11.8 Å². The zero-order valence-corrected chi connectivity index (χ0v) is 21.7. The second-order valence-corrected chi connectivity index (χ2v) is 11.8. The van der Waals surface area contributed by atoms with Crippen molar-refractivity contribution in [1.82, 2.24) is 9.80 Å². The number of hydrogen-bond acceptors (Lipinski definition) is 6. The van der Waals surface area contributed by atoms with Crippen LogP contribution in [-0.4, -0.2) is 85.4 Å². The Morgan fingerprint density at radius 3 is 2.69 bits per heavy atom. The summed E-state index contributed by atoms with van der Waals surface area (Å²) in [6, 6.07) is -1.28. The molecular formula is C23H35BrN2O5S. The van der Waals surface area contributed by atoms with Crippen LogP contribution in [0.25, 0.3) is 0 Å². The van der Waals surface area contributed by atoms with E-state index in [0.717, 1.165) is 12.8 Å². The number of amides is 2. The largest absolute Gasteiger partial charge is 0.466 e. The van der Waals surface area contributed by atoms with Crippen molar-refractivity contribution in [2.75, 3.05) is 19.8 Å². The van der Waals surface area contributed by atoms with Gasteiger partial charge in [-0.3, -0.25) is 14.4 Å². The smallest absolute Gasteiger partial charge is 0.310 e. The van der Waals surface area contributed by atoms with Crippen LogP contribution >= 0.6 is 27.7 Å². The first-order valence-corrected chi connectivity index (χ1v) is 13.3. The Kier molecular flexibility index (Phi) is 8.03. The zero-order chi connectivity index (χ0) is 23.8. The molecule has 7 nitrogen and oxygen atoms in total. The average Bonchev–Trinajstić information content (AvgIpc) is 3.34. The first-order chi connectivity index (χ1) is 15.2. The summed E-state index contributed by atoms with van der Waals surface area (Å²) in [5.74, 6) is -1.95. The number of halogens is 1. The average molecular weight is 532 g/mol. The van der Waals surface area contributed by atoms with Crippen molar-refractivity contribution in [3.05, 3.63) is 12.7 Å². The molecule has 3 heterocycles. The first-order valence-electron chi connectivity index (χ1n) is 11.5. The molecule has 4 unspecified atom stereocenters. The SMILES string of the molecule is C=CCN(C(=O)C1N([C@H](C)CO)C(=O)[C@@H]2[C@H](C(=O)OCC)[C@H]3SC12CC3Br)C(C)CCC. The number of hydrogen-bond donors (Lipinski definition) is 1. The van der Waals surface area contributed by atoms with Crippen LogP contribution in [0.5, 0.6) is 0 Å². The highest BCUT2D eigenvalue weighted by atomic mass is 79.9. The van der Waals surface area contributed by atoms with Crippen LogP contribution in [0.4, 0.5) is 0 Å². The van der Waals surface area contributed by atoms with E-state index < -0.39 is 28.7 Å². The van der Waals surface area contributed by atoms with Gasteiger partial charge in [-0.05, 0) is 33.6 Å². The summed E-state index contributed by atoms with van der Waals surface area (Å²) in [6.45, 7) is 11.8. The van der Waals surface area contributed by atoms with E-state index in [4.69, 9.17) is 4.74 Å². The van der Waals surface area contributed by atoms with Crippen LogP contribution in [-0.2, 0) is 19.1 Å². The molecule has 2 amide bonds. The maximum atomic E-state index is 14.1. The molecular weight excluding hydrogens is 496 g/mol. The molecule has 0 aromatic carbocycles. The monoisotopic (exact) mass is 530 g/mol. The summed E-state index contributed by atoms with van der Waals surface area (Å²) in [4.78, 5) is 44.2. The molecule has 3 aliphatic rings. The van der Waals surface area contributed by atoms with E-state index in [2.05, 4.69) is 29.4 Å². The number of nitrogens with zero attached hydrogens (tertiary/aromatic N) is 2. The van der Waals surface area contributed by atoms with Crippen molar-refractivity contribution in [2.24, 2.45) is 11.8 Å². The zero-order valence-electron chi connectivity index (χ0n) is 19.3. The van der Waals surface area contributed by atoms with Gasteiger partial charge in [0.2, 0.25) is 11.8 Å². The summed E-state index contributed by atoms with van der Waals surface area (Å²) in [6.07, 6.45) is 4.10. The van der Waals surface area contributed by atoms with Gasteiger partial charge < -0.3 is 19.6 Å². The first kappa shape index (κ1) is 25.6. The number of carbonyl (C=O) groups excluding carboxylic acids is 3. The quantitative estimate of drug-likeness (QED) is 0.265. The number of aliphatic hydroxyl groups is 1. The molecule has 3 saturated heterocycles. The molecule has 2 bridgehead atoms. The number of likely N-dealkylation sites (tertiary alicyclic amines) is 1. The molecule has 1 spiro atoms. The highest BCUT2D eigenvalue weighted by Crippen LogP contribution is 2.68. The Balaban J connectivity index is 2.09. The molecule has 1 N–H and O–H groups in total. The van der Waals surface area contributed by atoms with Crippen LogP contribution in [0.3, 0.4) is 0 Å². The number of thioether (sulfide) groups is 1. The molecule has 3 aliphatic heterocycles. The maximum Gasteiger partial charge on any atom is 0.310 e. The molecule has 3 rings (SSSR count). The predicted octanol–water partition coefficient (Wildman–Crippen LogP) is 2.60. The van der Waals surface area contributed by atoms with Gasteiger partial charge in [0.15, 0.2) is 0 Å². The van der Waals surface area contributed by atoms with Crippen molar-refractivity contribution in [3.63, 3.8) is 0 Å².